The third-order valence-corrected chi connectivity index (χ3v) is 2.38. The molecule has 4 heteroatoms. The predicted octanol–water partition coefficient (Wildman–Crippen LogP) is 1.38. The molecule has 82 valence electrons. The zero-order chi connectivity index (χ0) is 10.4. The van der Waals surface area contributed by atoms with E-state index in [1.54, 1.807) is 4.90 Å². The Morgan fingerprint density at radius 3 is 3.07 bits per heavy atom. The third kappa shape index (κ3) is 3.54. The lowest BCUT2D eigenvalue weighted by Gasteiger charge is -2.29. The lowest BCUT2D eigenvalue weighted by Crippen LogP contribution is -2.42. The van der Waals surface area contributed by atoms with E-state index in [0.717, 1.165) is 25.7 Å². The summed E-state index contributed by atoms with van der Waals surface area (Å²) in [6.45, 7) is 3.67. The van der Waals surface area contributed by atoms with Crippen molar-refractivity contribution in [2.24, 2.45) is 0 Å². The highest BCUT2D eigenvalue weighted by atomic mass is 16.6. The van der Waals surface area contributed by atoms with Crippen LogP contribution < -0.4 is 0 Å². The molecule has 1 saturated heterocycles. The van der Waals surface area contributed by atoms with Gasteiger partial charge in [0.05, 0.1) is 12.7 Å². The first kappa shape index (κ1) is 11.3. The molecule has 1 atom stereocenters. The summed E-state index contributed by atoms with van der Waals surface area (Å²) < 4.78 is 5.05. The number of likely N-dealkylation sites (tertiary alicyclic amines) is 1. The van der Waals surface area contributed by atoms with Gasteiger partial charge in [-0.1, -0.05) is 13.3 Å². The molecule has 1 N–H and O–H groups in total. The van der Waals surface area contributed by atoms with Gasteiger partial charge in [-0.3, -0.25) is 0 Å². The van der Waals surface area contributed by atoms with Crippen LogP contribution >= 0.6 is 0 Å². The number of unbranched alkanes of at least 4 members (excludes halogenated alkanes) is 1. The van der Waals surface area contributed by atoms with Crippen LogP contribution in [0, 0.1) is 0 Å². The fourth-order valence-electron chi connectivity index (χ4n) is 1.52. The van der Waals surface area contributed by atoms with E-state index in [-0.39, 0.29) is 12.2 Å². The topological polar surface area (TPSA) is 49.8 Å². The van der Waals surface area contributed by atoms with Crippen LogP contribution in [0.25, 0.3) is 0 Å². The van der Waals surface area contributed by atoms with Crippen LogP contribution in [0.5, 0.6) is 0 Å². The maximum atomic E-state index is 11.4. The highest BCUT2D eigenvalue weighted by Gasteiger charge is 2.22. The van der Waals surface area contributed by atoms with E-state index in [2.05, 4.69) is 6.92 Å². The summed E-state index contributed by atoms with van der Waals surface area (Å²) in [6, 6.07) is 0. The molecule has 0 radical (unpaired) electrons. The van der Waals surface area contributed by atoms with E-state index in [1.165, 1.54) is 0 Å². The molecule has 0 unspecified atom stereocenters. The fraction of sp³-hybridized carbons (Fsp3) is 0.900. The van der Waals surface area contributed by atoms with Crippen molar-refractivity contribution in [2.75, 3.05) is 19.7 Å². The van der Waals surface area contributed by atoms with Crippen LogP contribution in [0.4, 0.5) is 4.79 Å². The van der Waals surface area contributed by atoms with E-state index in [0.29, 0.717) is 19.7 Å². The molecule has 1 aliphatic heterocycles. The van der Waals surface area contributed by atoms with Gasteiger partial charge < -0.3 is 14.7 Å². The predicted molar refractivity (Wildman–Crippen MR) is 53.1 cm³/mol. The fourth-order valence-corrected chi connectivity index (χ4v) is 1.52. The van der Waals surface area contributed by atoms with E-state index in [4.69, 9.17) is 4.74 Å². The van der Waals surface area contributed by atoms with Crippen molar-refractivity contribution in [3.8, 4) is 0 Å². The van der Waals surface area contributed by atoms with Gasteiger partial charge in [0.1, 0.15) is 0 Å². The number of β-amino-alcohol motifs (C(OH)–C–C–N with tert-alkyl or cyclic N) is 1. The number of aliphatic hydroxyl groups is 1. The number of nitrogens with zero attached hydrogens (tertiary/aromatic N) is 1. The van der Waals surface area contributed by atoms with Crippen molar-refractivity contribution < 1.29 is 14.6 Å². The van der Waals surface area contributed by atoms with E-state index in [9.17, 15) is 9.90 Å². The summed E-state index contributed by atoms with van der Waals surface area (Å²) in [6.07, 6.45) is 2.93. The van der Waals surface area contributed by atoms with Gasteiger partial charge in [-0.15, -0.1) is 0 Å². The number of hydrogen-bond acceptors (Lipinski definition) is 3. The summed E-state index contributed by atoms with van der Waals surface area (Å²) in [5.74, 6) is 0. The number of carbonyl (C=O) groups is 1. The summed E-state index contributed by atoms with van der Waals surface area (Å²) in [5, 5.41) is 9.35. The molecule has 0 bridgehead atoms. The van der Waals surface area contributed by atoms with Crippen LogP contribution in [0.2, 0.25) is 0 Å². The van der Waals surface area contributed by atoms with Gasteiger partial charge in [-0.25, -0.2) is 4.79 Å². The van der Waals surface area contributed by atoms with E-state index >= 15 is 0 Å². The normalized spacial score (nSPS) is 22.1. The zero-order valence-corrected chi connectivity index (χ0v) is 8.74. The lowest BCUT2D eigenvalue weighted by atomic mass is 10.1. The van der Waals surface area contributed by atoms with E-state index < -0.39 is 0 Å². The number of amides is 1. The molecular weight excluding hydrogens is 182 g/mol. The number of rotatable bonds is 3. The van der Waals surface area contributed by atoms with Crippen LogP contribution in [0.3, 0.4) is 0 Å². The largest absolute Gasteiger partial charge is 0.449 e. The molecule has 0 spiro atoms. The Kier molecular flexibility index (Phi) is 4.73. The standard InChI is InChI=1S/C10H19NO3/c1-2-3-7-14-10(13)11-6-4-5-9(12)8-11/h9,12H,2-8H2,1H3/t9-/m1/s1. The summed E-state index contributed by atoms with van der Waals surface area (Å²) in [5.41, 5.74) is 0. The smallest absolute Gasteiger partial charge is 0.409 e. The minimum Gasteiger partial charge on any atom is -0.449 e. The average Bonchev–Trinajstić information content (AvgIpc) is 2.18. The van der Waals surface area contributed by atoms with Crippen molar-refractivity contribution >= 4 is 6.09 Å². The lowest BCUT2D eigenvalue weighted by molar-refractivity contribution is 0.0486. The molecule has 1 aliphatic rings. The number of ether oxygens (including phenoxy) is 1. The molecule has 0 aromatic heterocycles. The SMILES string of the molecule is CCCCOC(=O)N1CCC[C@@H](O)C1. The Balaban J connectivity index is 2.22. The Morgan fingerprint density at radius 1 is 1.64 bits per heavy atom. The Labute approximate surface area is 84.8 Å². The number of piperidine rings is 1. The molecule has 1 rings (SSSR count). The van der Waals surface area contributed by atoms with Gasteiger partial charge in [0, 0.05) is 13.1 Å². The Hall–Kier alpha value is -0.770. The van der Waals surface area contributed by atoms with E-state index in [1.807, 2.05) is 0 Å². The monoisotopic (exact) mass is 201 g/mol. The molecule has 0 aromatic carbocycles. The molecule has 0 aliphatic carbocycles. The molecule has 1 heterocycles. The summed E-state index contributed by atoms with van der Waals surface area (Å²) in [4.78, 5) is 13.0. The van der Waals surface area contributed by atoms with Gasteiger partial charge in [0.15, 0.2) is 0 Å². The second-order valence-corrected chi connectivity index (χ2v) is 3.71. The van der Waals surface area contributed by atoms with Crippen molar-refractivity contribution in [1.29, 1.82) is 0 Å². The molecule has 0 saturated carbocycles. The number of carbonyl (C=O) groups excluding carboxylic acids is 1. The molecule has 14 heavy (non-hydrogen) atoms. The van der Waals surface area contributed by atoms with Gasteiger partial charge in [0.2, 0.25) is 0 Å². The van der Waals surface area contributed by atoms with Crippen LogP contribution in [-0.4, -0.2) is 41.9 Å². The van der Waals surface area contributed by atoms with Gasteiger partial charge in [-0.2, -0.15) is 0 Å². The van der Waals surface area contributed by atoms with Crippen molar-refractivity contribution in [3.63, 3.8) is 0 Å². The second-order valence-electron chi connectivity index (χ2n) is 3.71. The third-order valence-electron chi connectivity index (χ3n) is 2.38. The summed E-state index contributed by atoms with van der Waals surface area (Å²) >= 11 is 0. The van der Waals surface area contributed by atoms with Crippen molar-refractivity contribution in [3.05, 3.63) is 0 Å². The summed E-state index contributed by atoms with van der Waals surface area (Å²) in [7, 11) is 0. The molecule has 4 nitrogen and oxygen atoms in total. The Morgan fingerprint density at radius 2 is 2.43 bits per heavy atom. The highest BCUT2D eigenvalue weighted by molar-refractivity contribution is 5.67. The van der Waals surface area contributed by atoms with Crippen LogP contribution in [0.1, 0.15) is 32.6 Å². The first-order valence-corrected chi connectivity index (χ1v) is 5.33. The number of hydrogen-bond donors (Lipinski definition) is 1. The van der Waals surface area contributed by atoms with Crippen molar-refractivity contribution in [2.45, 2.75) is 38.7 Å². The average molecular weight is 201 g/mol. The van der Waals surface area contributed by atoms with Gasteiger partial charge in [-0.05, 0) is 19.3 Å². The highest BCUT2D eigenvalue weighted by Crippen LogP contribution is 2.10. The van der Waals surface area contributed by atoms with Crippen molar-refractivity contribution in [1.82, 2.24) is 4.90 Å². The second kappa shape index (κ2) is 5.86. The molecule has 1 fully saturated rings. The zero-order valence-electron chi connectivity index (χ0n) is 8.74. The molecular formula is C10H19NO3. The van der Waals surface area contributed by atoms with Gasteiger partial charge >= 0.3 is 6.09 Å². The first-order chi connectivity index (χ1) is 6.74. The minimum atomic E-state index is -0.373. The number of aliphatic hydroxyl groups excluding tert-OH is 1. The van der Waals surface area contributed by atoms with Crippen LogP contribution in [0.15, 0.2) is 0 Å². The Bertz CT molecular complexity index is 184. The quantitative estimate of drug-likeness (QED) is 0.702. The minimum absolute atomic E-state index is 0.280. The van der Waals surface area contributed by atoms with Crippen LogP contribution in [-0.2, 0) is 4.74 Å². The first-order valence-electron chi connectivity index (χ1n) is 5.33. The van der Waals surface area contributed by atoms with Gasteiger partial charge in [0.25, 0.3) is 0 Å². The maximum Gasteiger partial charge on any atom is 0.409 e. The maximum absolute atomic E-state index is 11.4. The molecule has 1 amide bonds. The molecule has 0 aromatic rings.